The third-order valence-electron chi connectivity index (χ3n) is 2.18. The number of nitrogens with zero attached hydrogens (tertiary/aromatic N) is 1. The Kier molecular flexibility index (Phi) is 4.94. The first kappa shape index (κ1) is 13.0. The summed E-state index contributed by atoms with van der Waals surface area (Å²) >= 11 is 0. The monoisotopic (exact) mass is 233 g/mol. The number of rotatable bonds is 3. The van der Waals surface area contributed by atoms with Gasteiger partial charge in [0, 0.05) is 12.6 Å². The molecular weight excluding hydrogens is 218 g/mol. The number of methoxy groups -OCH3 is 1. The van der Waals surface area contributed by atoms with Crippen molar-refractivity contribution in [3.8, 4) is 0 Å². The fourth-order valence-electron chi connectivity index (χ4n) is 1.26. The molecule has 0 aromatic carbocycles. The lowest BCUT2D eigenvalue weighted by Gasteiger charge is -2.16. The topological polar surface area (TPSA) is 46.6 Å². The average molecular weight is 233 g/mol. The lowest BCUT2D eigenvalue weighted by atomic mass is 10.1. The number of carbonyl (C=O) groups excluding carboxylic acids is 2. The fraction of sp³-hybridized carbons (Fsp3) is 0.231. The zero-order chi connectivity index (χ0) is 12.7. The Morgan fingerprint density at radius 3 is 2.53 bits per heavy atom. The van der Waals surface area contributed by atoms with Crippen LogP contribution in [0.3, 0.4) is 0 Å². The molecule has 1 aliphatic carbocycles. The molecule has 0 radical (unpaired) electrons. The van der Waals surface area contributed by atoms with E-state index < -0.39 is 5.97 Å². The van der Waals surface area contributed by atoms with Crippen LogP contribution in [0.25, 0.3) is 0 Å². The Bertz CT molecular complexity index is 416. The van der Waals surface area contributed by atoms with Crippen molar-refractivity contribution in [3.05, 3.63) is 48.1 Å². The number of hydrogen-bond acceptors (Lipinski definition) is 3. The van der Waals surface area contributed by atoms with Gasteiger partial charge in [-0.25, -0.2) is 0 Å². The predicted octanol–water partition coefficient (Wildman–Crippen LogP) is 1.23. The van der Waals surface area contributed by atoms with E-state index in [1.54, 1.807) is 31.4 Å². The Balaban J connectivity index is 2.72. The summed E-state index contributed by atoms with van der Waals surface area (Å²) in [5.74, 6) is -0.654. The number of esters is 1. The molecule has 4 heteroatoms. The summed E-state index contributed by atoms with van der Waals surface area (Å²) in [5.41, 5.74) is 0.525. The van der Waals surface area contributed by atoms with Gasteiger partial charge in [0.15, 0.2) is 0 Å². The summed E-state index contributed by atoms with van der Waals surface area (Å²) in [4.78, 5) is 24.3. The average Bonchev–Trinajstić information content (AvgIpc) is 2.27. The summed E-state index contributed by atoms with van der Waals surface area (Å²) in [5, 5.41) is 0. The molecule has 4 nitrogen and oxygen atoms in total. The molecule has 0 atom stereocenters. The highest BCUT2D eigenvalue weighted by atomic mass is 16.5. The molecule has 1 rings (SSSR count). The van der Waals surface area contributed by atoms with Crippen LogP contribution in [0.5, 0.6) is 0 Å². The number of ether oxygens (including phenoxy) is 1. The minimum Gasteiger partial charge on any atom is -0.468 e. The van der Waals surface area contributed by atoms with Crippen LogP contribution in [-0.4, -0.2) is 37.5 Å². The Morgan fingerprint density at radius 1 is 1.18 bits per heavy atom. The minimum atomic E-state index is -0.438. The molecule has 90 valence electrons. The molecule has 1 aliphatic rings. The van der Waals surface area contributed by atoms with E-state index in [4.69, 9.17) is 0 Å². The van der Waals surface area contributed by atoms with E-state index in [1.807, 2.05) is 18.2 Å². The van der Waals surface area contributed by atoms with Crippen molar-refractivity contribution in [2.45, 2.75) is 0 Å². The summed E-state index contributed by atoms with van der Waals surface area (Å²) < 4.78 is 4.51. The molecule has 0 N–H and O–H groups in total. The second kappa shape index (κ2) is 6.48. The molecule has 0 saturated heterocycles. The predicted molar refractivity (Wildman–Crippen MR) is 65.2 cm³/mol. The van der Waals surface area contributed by atoms with Crippen molar-refractivity contribution in [1.29, 1.82) is 0 Å². The molecule has 0 saturated carbocycles. The first-order chi connectivity index (χ1) is 8.15. The van der Waals surface area contributed by atoms with E-state index in [9.17, 15) is 9.59 Å². The van der Waals surface area contributed by atoms with Gasteiger partial charge in [-0.15, -0.1) is 0 Å². The van der Waals surface area contributed by atoms with Crippen molar-refractivity contribution in [1.82, 2.24) is 4.90 Å². The van der Waals surface area contributed by atoms with Crippen LogP contribution in [0.1, 0.15) is 0 Å². The maximum Gasteiger partial charge on any atom is 0.325 e. The van der Waals surface area contributed by atoms with Crippen molar-refractivity contribution in [2.75, 3.05) is 20.7 Å². The molecule has 0 heterocycles. The smallest absolute Gasteiger partial charge is 0.325 e. The highest BCUT2D eigenvalue weighted by molar-refractivity contribution is 5.97. The van der Waals surface area contributed by atoms with Crippen LogP contribution in [0.4, 0.5) is 0 Å². The van der Waals surface area contributed by atoms with E-state index in [1.165, 1.54) is 12.0 Å². The van der Waals surface area contributed by atoms with E-state index in [-0.39, 0.29) is 12.5 Å². The molecule has 1 amide bonds. The van der Waals surface area contributed by atoms with Gasteiger partial charge in [0.25, 0.3) is 5.91 Å². The first-order valence-corrected chi connectivity index (χ1v) is 5.19. The second-order valence-electron chi connectivity index (χ2n) is 3.49. The third kappa shape index (κ3) is 4.10. The van der Waals surface area contributed by atoms with Crippen molar-refractivity contribution in [3.63, 3.8) is 0 Å². The van der Waals surface area contributed by atoms with Gasteiger partial charge >= 0.3 is 5.97 Å². The van der Waals surface area contributed by atoms with E-state index in [0.29, 0.717) is 5.57 Å². The van der Waals surface area contributed by atoms with Gasteiger partial charge in [0.2, 0.25) is 0 Å². The minimum absolute atomic E-state index is 0.0555. The quantitative estimate of drug-likeness (QED) is 0.689. The van der Waals surface area contributed by atoms with Crippen LogP contribution >= 0.6 is 0 Å². The Labute approximate surface area is 101 Å². The zero-order valence-corrected chi connectivity index (χ0v) is 9.92. The summed E-state index contributed by atoms with van der Waals surface area (Å²) in [7, 11) is 2.86. The fourth-order valence-corrected chi connectivity index (χ4v) is 1.26. The van der Waals surface area contributed by atoms with Crippen LogP contribution < -0.4 is 0 Å². The summed E-state index contributed by atoms with van der Waals surface area (Å²) in [6.45, 7) is -0.0555. The zero-order valence-electron chi connectivity index (χ0n) is 9.92. The lowest BCUT2D eigenvalue weighted by Crippen LogP contribution is -2.33. The van der Waals surface area contributed by atoms with Gasteiger partial charge in [-0.2, -0.15) is 0 Å². The van der Waals surface area contributed by atoms with E-state index in [0.717, 1.165) is 0 Å². The SMILES string of the molecule is COC(=O)CN(C)C(=O)C1=C/C=C\C=C/C=C\1. The molecule has 17 heavy (non-hydrogen) atoms. The van der Waals surface area contributed by atoms with Gasteiger partial charge in [0.05, 0.1) is 7.11 Å². The van der Waals surface area contributed by atoms with E-state index in [2.05, 4.69) is 4.74 Å². The molecule has 0 aliphatic heterocycles. The largest absolute Gasteiger partial charge is 0.468 e. The van der Waals surface area contributed by atoms with Gasteiger partial charge in [0.1, 0.15) is 6.54 Å². The molecule has 0 aromatic rings. The van der Waals surface area contributed by atoms with Gasteiger partial charge < -0.3 is 9.64 Å². The molecule has 0 fully saturated rings. The van der Waals surface area contributed by atoms with Crippen LogP contribution in [0, 0.1) is 0 Å². The Morgan fingerprint density at radius 2 is 1.82 bits per heavy atom. The van der Waals surface area contributed by atoms with Gasteiger partial charge in [-0.1, -0.05) is 30.4 Å². The van der Waals surface area contributed by atoms with Gasteiger partial charge in [-0.05, 0) is 12.2 Å². The van der Waals surface area contributed by atoms with Crippen LogP contribution in [-0.2, 0) is 14.3 Å². The molecule has 0 bridgehead atoms. The number of allylic oxidation sites excluding steroid dienone is 6. The van der Waals surface area contributed by atoms with Gasteiger partial charge in [-0.3, -0.25) is 9.59 Å². The molecule has 0 unspecified atom stereocenters. The third-order valence-corrected chi connectivity index (χ3v) is 2.18. The number of hydrogen-bond donors (Lipinski definition) is 0. The number of carbonyl (C=O) groups is 2. The number of amides is 1. The first-order valence-electron chi connectivity index (χ1n) is 5.19. The standard InChI is InChI=1S/C13H15NO3/c1-14(10-12(15)17-2)13(16)11-8-6-4-3-5-7-9-11/h3-9H,10H2,1-2H3/b4-3-,5-3?,6-4?,7-5-,8-6-,9-7?,11-8?,11-9+. The highest BCUT2D eigenvalue weighted by Crippen LogP contribution is 2.05. The Hall–Kier alpha value is -2.10. The lowest BCUT2D eigenvalue weighted by molar-refractivity contribution is -0.144. The summed E-state index contributed by atoms with van der Waals surface area (Å²) in [6.07, 6.45) is 12.5. The molecule has 0 aromatic heterocycles. The van der Waals surface area contributed by atoms with Crippen molar-refractivity contribution < 1.29 is 14.3 Å². The van der Waals surface area contributed by atoms with Crippen LogP contribution in [0.2, 0.25) is 0 Å². The molecule has 0 spiro atoms. The maximum atomic E-state index is 12.0. The maximum absolute atomic E-state index is 12.0. The van der Waals surface area contributed by atoms with Crippen molar-refractivity contribution >= 4 is 11.9 Å². The van der Waals surface area contributed by atoms with Crippen LogP contribution in [0.15, 0.2) is 48.1 Å². The molecular formula is C13H15NO3. The van der Waals surface area contributed by atoms with E-state index >= 15 is 0 Å². The second-order valence-corrected chi connectivity index (χ2v) is 3.49. The number of likely N-dealkylation sites (N-methyl/N-ethyl adjacent to an activating group) is 1. The highest BCUT2D eigenvalue weighted by Gasteiger charge is 2.15. The summed E-state index contributed by atoms with van der Waals surface area (Å²) in [6, 6.07) is 0. The normalized spacial score (nSPS) is 22.4. The van der Waals surface area contributed by atoms with Crippen molar-refractivity contribution in [2.24, 2.45) is 0 Å².